The molecule has 1 saturated carbocycles. The van der Waals surface area contributed by atoms with E-state index < -0.39 is 0 Å². The smallest absolute Gasteiger partial charge is 0.253 e. The Labute approximate surface area is 160 Å². The summed E-state index contributed by atoms with van der Waals surface area (Å²) in [6.07, 6.45) is 5.78. The zero-order chi connectivity index (χ0) is 18.8. The van der Waals surface area contributed by atoms with E-state index in [1.807, 2.05) is 6.92 Å². The SMILES string of the molecule is Cc1ncc(Cl)cc1C(=O)NC1CCC(Cn2nc(C)c(C)c2C)CC1. The summed E-state index contributed by atoms with van der Waals surface area (Å²) >= 11 is 5.97. The van der Waals surface area contributed by atoms with Gasteiger partial charge in [0.05, 0.1) is 22.0 Å². The molecule has 5 nitrogen and oxygen atoms in total. The molecule has 26 heavy (non-hydrogen) atoms. The van der Waals surface area contributed by atoms with Crippen molar-refractivity contribution in [3.63, 3.8) is 0 Å². The molecule has 0 unspecified atom stereocenters. The van der Waals surface area contributed by atoms with E-state index in [9.17, 15) is 4.79 Å². The molecule has 0 saturated heterocycles. The molecule has 1 fully saturated rings. The van der Waals surface area contributed by atoms with Gasteiger partial charge < -0.3 is 5.32 Å². The summed E-state index contributed by atoms with van der Waals surface area (Å²) < 4.78 is 2.15. The van der Waals surface area contributed by atoms with E-state index in [2.05, 4.69) is 40.9 Å². The van der Waals surface area contributed by atoms with Crippen LogP contribution in [0.4, 0.5) is 0 Å². The third kappa shape index (κ3) is 4.09. The summed E-state index contributed by atoms with van der Waals surface area (Å²) in [4.78, 5) is 16.7. The van der Waals surface area contributed by atoms with Crippen molar-refractivity contribution >= 4 is 17.5 Å². The topological polar surface area (TPSA) is 59.8 Å². The van der Waals surface area contributed by atoms with Crippen molar-refractivity contribution in [1.29, 1.82) is 0 Å². The second kappa shape index (κ2) is 7.78. The molecule has 0 bridgehead atoms. The van der Waals surface area contributed by atoms with Crippen LogP contribution in [0.2, 0.25) is 5.02 Å². The number of amides is 1. The highest BCUT2D eigenvalue weighted by Gasteiger charge is 2.24. The van der Waals surface area contributed by atoms with Gasteiger partial charge in [0, 0.05) is 24.5 Å². The molecule has 140 valence electrons. The maximum atomic E-state index is 12.5. The van der Waals surface area contributed by atoms with Crippen molar-refractivity contribution in [2.24, 2.45) is 5.92 Å². The number of hydrogen-bond donors (Lipinski definition) is 1. The first kappa shape index (κ1) is 18.9. The van der Waals surface area contributed by atoms with Crippen molar-refractivity contribution in [1.82, 2.24) is 20.1 Å². The lowest BCUT2D eigenvalue weighted by atomic mass is 9.86. The fourth-order valence-electron chi connectivity index (χ4n) is 3.70. The van der Waals surface area contributed by atoms with Gasteiger partial charge in [-0.25, -0.2) is 0 Å². The summed E-state index contributed by atoms with van der Waals surface area (Å²) in [6, 6.07) is 1.91. The van der Waals surface area contributed by atoms with Crippen LogP contribution in [0.15, 0.2) is 12.3 Å². The summed E-state index contributed by atoms with van der Waals surface area (Å²) in [5, 5.41) is 8.30. The van der Waals surface area contributed by atoms with Crippen molar-refractivity contribution in [2.45, 2.75) is 66.0 Å². The molecule has 1 amide bonds. The van der Waals surface area contributed by atoms with Crippen LogP contribution in [0.5, 0.6) is 0 Å². The largest absolute Gasteiger partial charge is 0.349 e. The highest BCUT2D eigenvalue weighted by atomic mass is 35.5. The Hall–Kier alpha value is -1.88. The van der Waals surface area contributed by atoms with E-state index >= 15 is 0 Å². The quantitative estimate of drug-likeness (QED) is 0.874. The third-order valence-electron chi connectivity index (χ3n) is 5.65. The molecule has 0 spiro atoms. The van der Waals surface area contributed by atoms with Crippen LogP contribution < -0.4 is 5.32 Å². The number of pyridine rings is 1. The van der Waals surface area contributed by atoms with Crippen LogP contribution in [-0.4, -0.2) is 26.7 Å². The molecule has 2 aromatic heterocycles. The molecule has 2 aromatic rings. The first-order chi connectivity index (χ1) is 12.3. The third-order valence-corrected chi connectivity index (χ3v) is 5.86. The number of aromatic nitrogens is 3. The fourth-order valence-corrected chi connectivity index (χ4v) is 3.86. The predicted octanol–water partition coefficient (Wildman–Crippen LogP) is 4.15. The van der Waals surface area contributed by atoms with Gasteiger partial charge in [0.15, 0.2) is 0 Å². The lowest BCUT2D eigenvalue weighted by Gasteiger charge is -2.29. The molecule has 1 aliphatic rings. The van der Waals surface area contributed by atoms with Crippen LogP contribution >= 0.6 is 11.6 Å². The Morgan fingerprint density at radius 1 is 1.19 bits per heavy atom. The summed E-state index contributed by atoms with van der Waals surface area (Å²) in [5.41, 5.74) is 4.95. The first-order valence-corrected chi connectivity index (χ1v) is 9.66. The molecule has 0 aliphatic heterocycles. The van der Waals surface area contributed by atoms with Gasteiger partial charge in [-0.05, 0) is 70.9 Å². The van der Waals surface area contributed by atoms with E-state index in [4.69, 9.17) is 11.6 Å². The summed E-state index contributed by atoms with van der Waals surface area (Å²) in [5.74, 6) is 0.547. The zero-order valence-electron chi connectivity index (χ0n) is 16.0. The van der Waals surface area contributed by atoms with Crippen molar-refractivity contribution in [3.8, 4) is 0 Å². The van der Waals surface area contributed by atoms with Crippen LogP contribution in [0.25, 0.3) is 0 Å². The Balaban J connectivity index is 1.54. The molecule has 6 heteroatoms. The van der Waals surface area contributed by atoms with Crippen molar-refractivity contribution in [3.05, 3.63) is 45.5 Å². The maximum absolute atomic E-state index is 12.5. The lowest BCUT2D eigenvalue weighted by molar-refractivity contribution is 0.0919. The minimum atomic E-state index is -0.0740. The lowest BCUT2D eigenvalue weighted by Crippen LogP contribution is -2.38. The van der Waals surface area contributed by atoms with Gasteiger partial charge in [0.1, 0.15) is 0 Å². The predicted molar refractivity (Wildman–Crippen MR) is 104 cm³/mol. The van der Waals surface area contributed by atoms with Crippen molar-refractivity contribution in [2.75, 3.05) is 0 Å². The maximum Gasteiger partial charge on any atom is 0.253 e. The number of nitrogens with one attached hydrogen (secondary N) is 1. The van der Waals surface area contributed by atoms with Crippen LogP contribution in [-0.2, 0) is 6.54 Å². The number of halogens is 1. The molecule has 1 aliphatic carbocycles. The van der Waals surface area contributed by atoms with Gasteiger partial charge in [-0.15, -0.1) is 0 Å². The van der Waals surface area contributed by atoms with E-state index in [0.717, 1.165) is 37.9 Å². The van der Waals surface area contributed by atoms with Crippen LogP contribution in [0, 0.1) is 33.6 Å². The number of rotatable bonds is 4. The van der Waals surface area contributed by atoms with E-state index in [1.165, 1.54) is 11.3 Å². The normalized spacial score (nSPS) is 20.2. The molecule has 0 aromatic carbocycles. The number of carbonyl (C=O) groups excluding carboxylic acids is 1. The zero-order valence-corrected chi connectivity index (χ0v) is 16.7. The van der Waals surface area contributed by atoms with Gasteiger partial charge in [-0.1, -0.05) is 11.6 Å². The van der Waals surface area contributed by atoms with Gasteiger partial charge >= 0.3 is 0 Å². The summed E-state index contributed by atoms with van der Waals surface area (Å²) in [7, 11) is 0. The minimum Gasteiger partial charge on any atom is -0.349 e. The fraction of sp³-hybridized carbons (Fsp3) is 0.550. The average molecular weight is 375 g/mol. The average Bonchev–Trinajstić information content (AvgIpc) is 2.85. The number of nitrogens with zero attached hydrogens (tertiary/aromatic N) is 3. The number of hydrogen-bond acceptors (Lipinski definition) is 3. The minimum absolute atomic E-state index is 0.0740. The Bertz CT molecular complexity index is 806. The van der Waals surface area contributed by atoms with Gasteiger partial charge in [-0.3, -0.25) is 14.5 Å². The molecular formula is C20H27ClN4O. The van der Waals surface area contributed by atoms with Crippen molar-refractivity contribution < 1.29 is 4.79 Å². The van der Waals surface area contributed by atoms with Crippen LogP contribution in [0.1, 0.15) is 58.7 Å². The second-order valence-electron chi connectivity index (χ2n) is 7.46. The molecule has 0 atom stereocenters. The van der Waals surface area contributed by atoms with E-state index in [0.29, 0.717) is 22.2 Å². The number of carbonyl (C=O) groups is 1. The van der Waals surface area contributed by atoms with Gasteiger partial charge in [-0.2, -0.15) is 5.10 Å². The molecule has 3 rings (SSSR count). The molecular weight excluding hydrogens is 348 g/mol. The molecule has 0 radical (unpaired) electrons. The van der Waals surface area contributed by atoms with Gasteiger partial charge in [0.2, 0.25) is 0 Å². The number of aryl methyl sites for hydroxylation is 2. The monoisotopic (exact) mass is 374 g/mol. The summed E-state index contributed by atoms with van der Waals surface area (Å²) in [6.45, 7) is 9.14. The van der Waals surface area contributed by atoms with E-state index in [-0.39, 0.29) is 11.9 Å². The highest BCUT2D eigenvalue weighted by Crippen LogP contribution is 2.27. The Morgan fingerprint density at radius 3 is 2.50 bits per heavy atom. The Morgan fingerprint density at radius 2 is 1.88 bits per heavy atom. The van der Waals surface area contributed by atoms with Gasteiger partial charge in [0.25, 0.3) is 5.91 Å². The standard InChI is InChI=1S/C20H27ClN4O/c1-12-13(2)24-25(15(12)4)11-16-5-7-18(8-6-16)23-20(26)19-9-17(21)10-22-14(19)3/h9-10,16,18H,5-8,11H2,1-4H3,(H,23,26). The highest BCUT2D eigenvalue weighted by molar-refractivity contribution is 6.30. The Kier molecular flexibility index (Phi) is 5.66. The first-order valence-electron chi connectivity index (χ1n) is 9.28. The second-order valence-corrected chi connectivity index (χ2v) is 7.89. The van der Waals surface area contributed by atoms with E-state index in [1.54, 1.807) is 12.3 Å². The van der Waals surface area contributed by atoms with Crippen LogP contribution in [0.3, 0.4) is 0 Å². The molecule has 1 N–H and O–H groups in total. The molecule has 2 heterocycles.